The van der Waals surface area contributed by atoms with Crippen molar-refractivity contribution in [2.75, 3.05) is 14.2 Å². The van der Waals surface area contributed by atoms with Gasteiger partial charge in [0.15, 0.2) is 0 Å². The third-order valence-electron chi connectivity index (χ3n) is 2.87. The molecule has 19 heavy (non-hydrogen) atoms. The van der Waals surface area contributed by atoms with Crippen LogP contribution in [0, 0.1) is 0 Å². The Balaban J connectivity index is 2.22. The fourth-order valence-electron chi connectivity index (χ4n) is 1.78. The van der Waals surface area contributed by atoms with Crippen LogP contribution in [0.5, 0.6) is 11.5 Å². The van der Waals surface area contributed by atoms with Crippen molar-refractivity contribution in [3.63, 3.8) is 0 Å². The fraction of sp³-hybridized carbons (Fsp3) is 0.357. The van der Waals surface area contributed by atoms with Gasteiger partial charge >= 0.3 is 0 Å². The molecule has 1 aromatic carbocycles. The normalized spacial score (nSPS) is 12.2. The maximum absolute atomic E-state index is 5.82. The van der Waals surface area contributed by atoms with Crippen LogP contribution in [0.1, 0.15) is 29.2 Å². The van der Waals surface area contributed by atoms with Gasteiger partial charge in [0, 0.05) is 29.5 Å². The van der Waals surface area contributed by atoms with E-state index in [-0.39, 0.29) is 6.04 Å². The molecule has 2 aromatic rings. The quantitative estimate of drug-likeness (QED) is 0.913. The second-order valence-electron chi connectivity index (χ2n) is 4.31. The van der Waals surface area contributed by atoms with Gasteiger partial charge in [-0.25, -0.2) is 4.98 Å². The lowest BCUT2D eigenvalue weighted by Crippen LogP contribution is -2.05. The first-order valence-electron chi connectivity index (χ1n) is 6.04. The summed E-state index contributed by atoms with van der Waals surface area (Å²) >= 11 is 1.62. The molecule has 0 spiro atoms. The monoisotopic (exact) mass is 278 g/mol. The Kier molecular flexibility index (Phi) is 4.39. The topological polar surface area (TPSA) is 57.4 Å². The summed E-state index contributed by atoms with van der Waals surface area (Å²) in [6.07, 6.45) is 0.741. The van der Waals surface area contributed by atoms with Gasteiger partial charge in [-0.05, 0) is 13.0 Å². The zero-order valence-corrected chi connectivity index (χ0v) is 12.2. The Morgan fingerprint density at radius 1 is 1.32 bits per heavy atom. The Labute approximate surface area is 117 Å². The molecule has 0 saturated heterocycles. The van der Waals surface area contributed by atoms with E-state index in [0.29, 0.717) is 0 Å². The van der Waals surface area contributed by atoms with Gasteiger partial charge < -0.3 is 15.2 Å². The Morgan fingerprint density at radius 3 is 2.68 bits per heavy atom. The van der Waals surface area contributed by atoms with E-state index < -0.39 is 0 Å². The summed E-state index contributed by atoms with van der Waals surface area (Å²) in [5.74, 6) is 1.60. The molecule has 0 fully saturated rings. The first-order chi connectivity index (χ1) is 9.13. The Morgan fingerprint density at radius 2 is 2.11 bits per heavy atom. The molecule has 0 saturated carbocycles. The number of benzene rings is 1. The second kappa shape index (κ2) is 6.04. The summed E-state index contributed by atoms with van der Waals surface area (Å²) in [4.78, 5) is 4.53. The predicted molar refractivity (Wildman–Crippen MR) is 77.1 cm³/mol. The number of aromatic nitrogens is 1. The molecule has 102 valence electrons. The van der Waals surface area contributed by atoms with Crippen LogP contribution in [0.3, 0.4) is 0 Å². The number of methoxy groups -OCH3 is 2. The lowest BCUT2D eigenvalue weighted by atomic mass is 10.1. The van der Waals surface area contributed by atoms with Crippen molar-refractivity contribution in [1.29, 1.82) is 0 Å². The third-order valence-corrected chi connectivity index (χ3v) is 3.74. The molecule has 2 N–H and O–H groups in total. The van der Waals surface area contributed by atoms with Gasteiger partial charge in [0.2, 0.25) is 0 Å². The standard InChI is InChI=1S/C14H18N2O2S/c1-9(15)12-8-19-14(16-12)6-10-4-5-11(17-2)7-13(10)18-3/h4-5,7-9H,6,15H2,1-3H3. The largest absolute Gasteiger partial charge is 0.497 e. The smallest absolute Gasteiger partial charge is 0.126 e. The molecule has 1 aromatic heterocycles. The van der Waals surface area contributed by atoms with Gasteiger partial charge in [-0.3, -0.25) is 0 Å². The highest BCUT2D eigenvalue weighted by Crippen LogP contribution is 2.27. The van der Waals surface area contributed by atoms with Crippen molar-refractivity contribution < 1.29 is 9.47 Å². The van der Waals surface area contributed by atoms with Crippen LogP contribution in [-0.4, -0.2) is 19.2 Å². The Bertz CT molecular complexity index is 552. The van der Waals surface area contributed by atoms with Crippen molar-refractivity contribution in [3.8, 4) is 11.5 Å². The molecule has 0 radical (unpaired) electrons. The molecule has 0 aliphatic carbocycles. The Hall–Kier alpha value is -1.59. The van der Waals surface area contributed by atoms with Crippen LogP contribution >= 0.6 is 11.3 Å². The molecule has 1 heterocycles. The van der Waals surface area contributed by atoms with E-state index >= 15 is 0 Å². The maximum atomic E-state index is 5.82. The predicted octanol–water partition coefficient (Wildman–Crippen LogP) is 2.77. The number of thiazole rings is 1. The van der Waals surface area contributed by atoms with Crippen molar-refractivity contribution in [2.45, 2.75) is 19.4 Å². The van der Waals surface area contributed by atoms with Crippen LogP contribution in [-0.2, 0) is 6.42 Å². The summed E-state index contributed by atoms with van der Waals surface area (Å²) in [6.45, 7) is 1.94. The van der Waals surface area contributed by atoms with Crippen LogP contribution in [0.2, 0.25) is 0 Å². The van der Waals surface area contributed by atoms with Crippen molar-refractivity contribution in [2.24, 2.45) is 5.73 Å². The molecule has 0 bridgehead atoms. The van der Waals surface area contributed by atoms with Crippen molar-refractivity contribution in [3.05, 3.63) is 39.8 Å². The van der Waals surface area contributed by atoms with Crippen LogP contribution in [0.4, 0.5) is 0 Å². The van der Waals surface area contributed by atoms with Crippen LogP contribution < -0.4 is 15.2 Å². The molecule has 0 amide bonds. The van der Waals surface area contributed by atoms with Crippen LogP contribution in [0.15, 0.2) is 23.6 Å². The van der Waals surface area contributed by atoms with Gasteiger partial charge in [-0.1, -0.05) is 6.07 Å². The van der Waals surface area contributed by atoms with Crippen molar-refractivity contribution >= 4 is 11.3 Å². The summed E-state index contributed by atoms with van der Waals surface area (Å²) in [6, 6.07) is 5.79. The van der Waals surface area contributed by atoms with E-state index in [1.807, 2.05) is 30.5 Å². The lowest BCUT2D eigenvalue weighted by molar-refractivity contribution is 0.391. The van der Waals surface area contributed by atoms with E-state index in [2.05, 4.69) is 4.98 Å². The average Bonchev–Trinajstić information content (AvgIpc) is 2.88. The highest BCUT2D eigenvalue weighted by Gasteiger charge is 2.10. The molecule has 0 aliphatic rings. The molecule has 1 atom stereocenters. The highest BCUT2D eigenvalue weighted by molar-refractivity contribution is 7.09. The molecule has 4 nitrogen and oxygen atoms in total. The van der Waals surface area contributed by atoms with Crippen molar-refractivity contribution in [1.82, 2.24) is 4.98 Å². The van der Waals surface area contributed by atoms with Gasteiger partial charge in [0.25, 0.3) is 0 Å². The number of rotatable bonds is 5. The molecule has 1 unspecified atom stereocenters. The minimum absolute atomic E-state index is 0.0252. The minimum Gasteiger partial charge on any atom is -0.497 e. The first kappa shape index (κ1) is 13.8. The third kappa shape index (κ3) is 3.24. The number of ether oxygens (including phenoxy) is 2. The van der Waals surface area contributed by atoms with Gasteiger partial charge in [0.05, 0.1) is 24.9 Å². The first-order valence-corrected chi connectivity index (χ1v) is 6.92. The minimum atomic E-state index is -0.0252. The maximum Gasteiger partial charge on any atom is 0.126 e. The number of hydrogen-bond acceptors (Lipinski definition) is 5. The summed E-state index contributed by atoms with van der Waals surface area (Å²) in [5.41, 5.74) is 7.85. The summed E-state index contributed by atoms with van der Waals surface area (Å²) in [7, 11) is 3.30. The second-order valence-corrected chi connectivity index (χ2v) is 5.25. The average molecular weight is 278 g/mol. The zero-order valence-electron chi connectivity index (χ0n) is 11.3. The van der Waals surface area contributed by atoms with E-state index in [4.69, 9.17) is 15.2 Å². The van der Waals surface area contributed by atoms with E-state index in [1.165, 1.54) is 0 Å². The molecule has 0 aliphatic heterocycles. The fourth-order valence-corrected chi connectivity index (χ4v) is 2.70. The van der Waals surface area contributed by atoms with E-state index in [1.54, 1.807) is 25.6 Å². The molecular formula is C14H18N2O2S. The van der Waals surface area contributed by atoms with E-state index in [9.17, 15) is 0 Å². The molecule has 2 rings (SSSR count). The number of nitrogens with two attached hydrogens (primary N) is 1. The molecular weight excluding hydrogens is 260 g/mol. The zero-order chi connectivity index (χ0) is 13.8. The summed E-state index contributed by atoms with van der Waals surface area (Å²) < 4.78 is 10.6. The van der Waals surface area contributed by atoms with E-state index in [0.717, 1.165) is 34.2 Å². The lowest BCUT2D eigenvalue weighted by Gasteiger charge is -2.09. The van der Waals surface area contributed by atoms with Crippen LogP contribution in [0.25, 0.3) is 0 Å². The van der Waals surface area contributed by atoms with Gasteiger partial charge in [-0.2, -0.15) is 0 Å². The SMILES string of the molecule is COc1ccc(Cc2nc(C(C)N)cs2)c(OC)c1. The highest BCUT2D eigenvalue weighted by atomic mass is 32.1. The van der Waals surface area contributed by atoms with Gasteiger partial charge in [0.1, 0.15) is 11.5 Å². The number of hydrogen-bond donors (Lipinski definition) is 1. The summed E-state index contributed by atoms with van der Waals surface area (Å²) in [5, 5.41) is 3.05. The van der Waals surface area contributed by atoms with Gasteiger partial charge in [-0.15, -0.1) is 11.3 Å². The number of nitrogens with zero attached hydrogens (tertiary/aromatic N) is 1. The molecule has 5 heteroatoms.